The minimum absolute atomic E-state index is 0.634. The number of aryl methyl sites for hydroxylation is 2. The predicted molar refractivity (Wildman–Crippen MR) is 148 cm³/mol. The molecule has 0 aliphatic carbocycles. The quantitative estimate of drug-likeness (QED) is 0.230. The molecule has 0 atom stereocenters. The molecule has 0 radical (unpaired) electrons. The molecule has 0 saturated heterocycles. The zero-order chi connectivity index (χ0) is 25.6. The minimum Gasteiger partial charge on any atom is -0.441 e. The van der Waals surface area contributed by atoms with Crippen LogP contribution in [-0.4, -0.2) is 19.9 Å². The van der Waals surface area contributed by atoms with Gasteiger partial charge in [0.05, 0.1) is 23.8 Å². The molecule has 6 heteroatoms. The molecule has 0 fully saturated rings. The number of benzene rings is 3. The van der Waals surface area contributed by atoms with Crippen LogP contribution in [0.5, 0.6) is 0 Å². The summed E-state index contributed by atoms with van der Waals surface area (Å²) in [4.78, 5) is 18.1. The molecule has 7 aromatic rings. The van der Waals surface area contributed by atoms with Crippen LogP contribution in [0.15, 0.2) is 106 Å². The first-order chi connectivity index (χ1) is 18.7. The largest absolute Gasteiger partial charge is 0.441 e. The van der Waals surface area contributed by atoms with Gasteiger partial charge in [0.15, 0.2) is 23.3 Å². The van der Waals surface area contributed by atoms with Gasteiger partial charge in [-0.15, -0.1) is 0 Å². The number of hydrogen-bond acceptors (Lipinski definition) is 6. The van der Waals surface area contributed by atoms with Crippen molar-refractivity contribution in [2.24, 2.45) is 0 Å². The summed E-state index contributed by atoms with van der Waals surface area (Å²) in [7, 11) is 0. The fourth-order valence-corrected chi connectivity index (χ4v) is 5.04. The van der Waals surface area contributed by atoms with E-state index >= 15 is 0 Å². The maximum Gasteiger partial charge on any atom is 0.191 e. The van der Waals surface area contributed by atoms with Gasteiger partial charge in [0.2, 0.25) is 0 Å². The van der Waals surface area contributed by atoms with E-state index in [9.17, 15) is 0 Å². The molecule has 0 bridgehead atoms. The smallest absolute Gasteiger partial charge is 0.191 e. The Morgan fingerprint density at radius 1 is 0.447 bits per heavy atom. The lowest BCUT2D eigenvalue weighted by molar-refractivity contribution is 0.534. The third-order valence-corrected chi connectivity index (χ3v) is 6.78. The highest BCUT2D eigenvalue weighted by Crippen LogP contribution is 2.43. The number of hydrogen-bond donors (Lipinski definition) is 0. The van der Waals surface area contributed by atoms with Gasteiger partial charge in [-0.25, -0.2) is 9.97 Å². The van der Waals surface area contributed by atoms with E-state index in [1.165, 1.54) is 0 Å². The average Bonchev–Trinajstić information content (AvgIpc) is 3.60. The van der Waals surface area contributed by atoms with E-state index in [4.69, 9.17) is 18.8 Å². The topological polar surface area (TPSA) is 77.8 Å². The molecule has 0 N–H and O–H groups in total. The zero-order valence-corrected chi connectivity index (χ0v) is 20.8. The summed E-state index contributed by atoms with van der Waals surface area (Å²) in [5.41, 5.74) is 5.76. The van der Waals surface area contributed by atoms with Crippen molar-refractivity contribution < 1.29 is 8.83 Å². The molecule has 182 valence electrons. The maximum atomic E-state index is 5.69. The van der Waals surface area contributed by atoms with Crippen molar-refractivity contribution in [2.45, 2.75) is 13.8 Å². The first-order valence-corrected chi connectivity index (χ1v) is 12.4. The predicted octanol–water partition coefficient (Wildman–Crippen LogP) is 8.04. The van der Waals surface area contributed by atoms with Crippen LogP contribution in [-0.2, 0) is 0 Å². The SMILES string of the molecule is Cc1ncc(-c2ccc(-c3c4ccccc4c(-c4ccc(-c5cnc(C)o5)cn4)c4ccccc34)nc2)o1. The van der Waals surface area contributed by atoms with E-state index in [1.807, 2.05) is 50.5 Å². The van der Waals surface area contributed by atoms with E-state index in [2.05, 4.69) is 58.5 Å². The molecule has 0 amide bonds. The summed E-state index contributed by atoms with van der Waals surface area (Å²) in [5.74, 6) is 2.69. The van der Waals surface area contributed by atoms with Gasteiger partial charge in [-0.05, 0) is 45.8 Å². The molecule has 0 unspecified atom stereocenters. The lowest BCUT2D eigenvalue weighted by Crippen LogP contribution is -1.93. The molecule has 6 nitrogen and oxygen atoms in total. The highest BCUT2D eigenvalue weighted by molar-refractivity contribution is 6.20. The third-order valence-electron chi connectivity index (χ3n) is 6.78. The Bertz CT molecular complexity index is 1730. The Morgan fingerprint density at radius 2 is 0.842 bits per heavy atom. The standard InChI is InChI=1S/C32H22N4O2/c1-19-33-17-29(37-19)21-11-13-27(35-15-21)31-23-7-3-5-9-25(23)32(26-10-6-4-8-24(26)31)28-14-12-22(16-36-28)30-18-34-20(2)38-30/h3-18H,1-2H3. The Balaban J connectivity index is 1.42. The first kappa shape index (κ1) is 22.1. The lowest BCUT2D eigenvalue weighted by Gasteiger charge is -2.16. The number of oxazole rings is 2. The summed E-state index contributed by atoms with van der Waals surface area (Å²) in [5, 5.41) is 4.48. The van der Waals surface area contributed by atoms with Crippen LogP contribution < -0.4 is 0 Å². The van der Waals surface area contributed by atoms with E-state index in [0.29, 0.717) is 23.3 Å². The van der Waals surface area contributed by atoms with E-state index < -0.39 is 0 Å². The van der Waals surface area contributed by atoms with Gasteiger partial charge in [-0.3, -0.25) is 9.97 Å². The molecule has 3 aromatic carbocycles. The summed E-state index contributed by atoms with van der Waals surface area (Å²) in [6.07, 6.45) is 7.15. The highest BCUT2D eigenvalue weighted by Gasteiger charge is 2.18. The minimum atomic E-state index is 0.634. The number of fused-ring (bicyclic) bond motifs is 2. The average molecular weight is 495 g/mol. The van der Waals surface area contributed by atoms with Crippen LogP contribution in [0.2, 0.25) is 0 Å². The van der Waals surface area contributed by atoms with Gasteiger partial charge in [-0.2, -0.15) is 0 Å². The summed E-state index contributed by atoms with van der Waals surface area (Å²) in [6, 6.07) is 25.1. The Kier molecular flexibility index (Phi) is 5.11. The summed E-state index contributed by atoms with van der Waals surface area (Å²) >= 11 is 0. The van der Waals surface area contributed by atoms with Gasteiger partial charge in [-0.1, -0.05) is 48.5 Å². The third kappa shape index (κ3) is 3.66. The molecule has 7 rings (SSSR count). The van der Waals surface area contributed by atoms with Gasteiger partial charge >= 0.3 is 0 Å². The molecular formula is C32H22N4O2. The molecule has 0 aliphatic heterocycles. The fraction of sp³-hybridized carbons (Fsp3) is 0.0625. The lowest BCUT2D eigenvalue weighted by atomic mass is 9.88. The normalized spacial score (nSPS) is 11.4. The molecule has 38 heavy (non-hydrogen) atoms. The van der Waals surface area contributed by atoms with E-state index in [0.717, 1.165) is 55.2 Å². The van der Waals surface area contributed by atoms with Crippen LogP contribution in [0.4, 0.5) is 0 Å². The number of aromatic nitrogens is 4. The van der Waals surface area contributed by atoms with Crippen molar-refractivity contribution in [3.8, 4) is 45.2 Å². The fourth-order valence-electron chi connectivity index (χ4n) is 5.04. The van der Waals surface area contributed by atoms with Crippen molar-refractivity contribution in [2.75, 3.05) is 0 Å². The van der Waals surface area contributed by atoms with E-state index in [-0.39, 0.29) is 0 Å². The highest BCUT2D eigenvalue weighted by atomic mass is 16.4. The summed E-state index contributed by atoms with van der Waals surface area (Å²) in [6.45, 7) is 3.67. The van der Waals surface area contributed by atoms with Crippen LogP contribution in [0, 0.1) is 13.8 Å². The van der Waals surface area contributed by atoms with Crippen LogP contribution in [0.3, 0.4) is 0 Å². The van der Waals surface area contributed by atoms with Crippen LogP contribution in [0.1, 0.15) is 11.8 Å². The first-order valence-electron chi connectivity index (χ1n) is 12.4. The summed E-state index contributed by atoms with van der Waals surface area (Å²) < 4.78 is 11.4. The van der Waals surface area contributed by atoms with Crippen molar-refractivity contribution >= 4 is 21.5 Å². The van der Waals surface area contributed by atoms with Crippen LogP contribution in [0.25, 0.3) is 66.7 Å². The van der Waals surface area contributed by atoms with Crippen molar-refractivity contribution in [3.63, 3.8) is 0 Å². The van der Waals surface area contributed by atoms with Gasteiger partial charge in [0.25, 0.3) is 0 Å². The van der Waals surface area contributed by atoms with Crippen molar-refractivity contribution in [1.29, 1.82) is 0 Å². The monoisotopic (exact) mass is 494 g/mol. The van der Waals surface area contributed by atoms with Gasteiger partial charge in [0, 0.05) is 48.5 Å². The van der Waals surface area contributed by atoms with Crippen LogP contribution >= 0.6 is 0 Å². The number of pyridine rings is 2. The van der Waals surface area contributed by atoms with Crippen molar-refractivity contribution in [1.82, 2.24) is 19.9 Å². The maximum absolute atomic E-state index is 5.69. The zero-order valence-electron chi connectivity index (χ0n) is 20.8. The molecule has 0 aliphatic rings. The second-order valence-electron chi connectivity index (χ2n) is 9.19. The molecular weight excluding hydrogens is 472 g/mol. The van der Waals surface area contributed by atoms with E-state index in [1.54, 1.807) is 12.4 Å². The molecule has 4 heterocycles. The Morgan fingerprint density at radius 3 is 1.13 bits per heavy atom. The molecule has 0 saturated carbocycles. The van der Waals surface area contributed by atoms with Gasteiger partial charge in [0.1, 0.15) is 0 Å². The Hall–Kier alpha value is -5.10. The molecule has 0 spiro atoms. The Labute approximate surface area is 218 Å². The number of nitrogens with zero attached hydrogens (tertiary/aromatic N) is 4. The second-order valence-corrected chi connectivity index (χ2v) is 9.19. The van der Waals surface area contributed by atoms with Gasteiger partial charge < -0.3 is 8.83 Å². The number of rotatable bonds is 4. The van der Waals surface area contributed by atoms with Crippen molar-refractivity contribution in [3.05, 3.63) is 109 Å². The molecule has 4 aromatic heterocycles. The second kappa shape index (κ2) is 8.78.